The maximum absolute atomic E-state index is 14.9. The molecule has 2 aliphatic carbocycles. The predicted molar refractivity (Wildman–Crippen MR) is 213 cm³/mol. The minimum absolute atomic E-state index is 0.0143. The van der Waals surface area contributed by atoms with Crippen LogP contribution in [0.3, 0.4) is 0 Å². The minimum atomic E-state index is -3.90. The number of carbonyl (C=O) groups excluding carboxylic acids is 4. The summed E-state index contributed by atoms with van der Waals surface area (Å²) >= 11 is 0. The van der Waals surface area contributed by atoms with Crippen molar-refractivity contribution < 1.29 is 37.1 Å². The van der Waals surface area contributed by atoms with E-state index in [-0.39, 0.29) is 37.6 Å². The highest BCUT2D eigenvalue weighted by Crippen LogP contribution is 2.46. The van der Waals surface area contributed by atoms with Gasteiger partial charge in [-0.15, -0.1) is 6.58 Å². The fraction of sp³-hybridized carbons (Fsp3) is 0.524. The highest BCUT2D eigenvalue weighted by molar-refractivity contribution is 7.91. The largest absolute Gasteiger partial charge is 0.497 e. The van der Waals surface area contributed by atoms with Crippen molar-refractivity contribution in [2.24, 2.45) is 17.3 Å². The first-order chi connectivity index (χ1) is 27.1. The van der Waals surface area contributed by atoms with E-state index in [4.69, 9.17) is 14.5 Å². The molecule has 2 saturated heterocycles. The van der Waals surface area contributed by atoms with Crippen molar-refractivity contribution in [1.82, 2.24) is 29.8 Å². The monoisotopic (exact) mass is 800 g/mol. The second-order valence-electron chi connectivity index (χ2n) is 16.8. The topological polar surface area (TPSA) is 177 Å². The molecule has 2 aliphatic heterocycles. The Morgan fingerprint density at radius 1 is 1.05 bits per heavy atom. The van der Waals surface area contributed by atoms with Crippen LogP contribution >= 0.6 is 0 Å². The van der Waals surface area contributed by atoms with Crippen LogP contribution in [0.1, 0.15) is 72.1 Å². The molecule has 14 nitrogen and oxygen atoms in total. The van der Waals surface area contributed by atoms with Crippen LogP contribution in [0.15, 0.2) is 61.3 Å². The number of piperidine rings is 1. The zero-order valence-corrected chi connectivity index (χ0v) is 33.8. The summed E-state index contributed by atoms with van der Waals surface area (Å²) in [5, 5.41) is 2.90. The molecule has 2 saturated carbocycles. The minimum Gasteiger partial charge on any atom is -0.497 e. The Balaban J connectivity index is 1.21. The van der Waals surface area contributed by atoms with E-state index in [2.05, 4.69) is 21.6 Å². The maximum atomic E-state index is 14.9. The van der Waals surface area contributed by atoms with Gasteiger partial charge in [0.15, 0.2) is 0 Å². The van der Waals surface area contributed by atoms with Crippen molar-refractivity contribution >= 4 is 44.6 Å². The van der Waals surface area contributed by atoms with Crippen molar-refractivity contribution in [3.05, 3.63) is 61.3 Å². The first-order valence-electron chi connectivity index (χ1n) is 19.8. The number of rotatable bonds is 13. The van der Waals surface area contributed by atoms with Crippen LogP contribution in [0.2, 0.25) is 0 Å². The van der Waals surface area contributed by atoms with Crippen molar-refractivity contribution in [2.75, 3.05) is 26.7 Å². The molecule has 4 heterocycles. The Labute approximate surface area is 333 Å². The zero-order chi connectivity index (χ0) is 40.7. The molecule has 15 heteroatoms. The number of amides is 4. The lowest BCUT2D eigenvalue weighted by Gasteiger charge is -2.36. The van der Waals surface area contributed by atoms with Crippen LogP contribution in [-0.4, -0.2) is 101 Å². The number of hydrogen-bond donors (Lipinski definition) is 2. The smallest absolute Gasteiger partial charge is 0.259 e. The van der Waals surface area contributed by atoms with Gasteiger partial charge in [0.05, 0.1) is 41.7 Å². The van der Waals surface area contributed by atoms with Crippen LogP contribution in [0.5, 0.6) is 11.5 Å². The molecule has 3 aromatic rings. The second kappa shape index (κ2) is 15.7. The average molecular weight is 801 g/mol. The third-order valence-electron chi connectivity index (χ3n) is 11.7. The first-order valence-corrected chi connectivity index (χ1v) is 21.3. The highest BCUT2D eigenvalue weighted by Gasteiger charge is 2.62. The van der Waals surface area contributed by atoms with Gasteiger partial charge in [-0.2, -0.15) is 0 Å². The summed E-state index contributed by atoms with van der Waals surface area (Å²) in [4.78, 5) is 69.3. The van der Waals surface area contributed by atoms with Crippen molar-refractivity contribution in [3.8, 4) is 22.9 Å². The standard InChI is InChI=1S/C42H52N6O8S/c1-6-26-24-42(26,40(52)46-57(53,54)29-14-15-29)45-38(50)35-21-28(25-48(35)39(51)31(41(2,3)4)22-37(49)47-18-10-7-11-19-47)56-36-23-34(32-12-8-9-17-43-32)44-33-20-27(55-5)13-16-30(33)36/h6,8-9,12-13,16-17,20,23,26,28-29,31,35H,1,7,10-11,14-15,18-19,21-22,24-25H2,2-5H3,(H,45,50)(H,46,52)/t26-,28-,31?,35+,42-/m1/s1. The summed E-state index contributed by atoms with van der Waals surface area (Å²) in [6, 6.07) is 11.6. The van der Waals surface area contributed by atoms with Crippen molar-refractivity contribution in [3.63, 3.8) is 0 Å². The molecule has 2 aromatic heterocycles. The first kappa shape index (κ1) is 40.2. The molecule has 7 rings (SSSR count). The number of nitrogens with one attached hydrogen (secondary N) is 2. The Morgan fingerprint density at radius 2 is 1.81 bits per heavy atom. The van der Waals surface area contributed by atoms with E-state index in [1.807, 2.05) is 49.9 Å². The van der Waals surface area contributed by atoms with E-state index in [0.29, 0.717) is 59.7 Å². The molecule has 2 N–H and O–H groups in total. The summed E-state index contributed by atoms with van der Waals surface area (Å²) in [6.45, 7) is 10.8. The Morgan fingerprint density at radius 3 is 2.44 bits per heavy atom. The lowest BCUT2D eigenvalue weighted by atomic mass is 9.77. The van der Waals surface area contributed by atoms with Crippen molar-refractivity contribution in [1.29, 1.82) is 0 Å². The number of sulfonamides is 1. The number of fused-ring (bicyclic) bond motifs is 1. The zero-order valence-electron chi connectivity index (χ0n) is 33.0. The molecule has 5 atom stereocenters. The third kappa shape index (κ3) is 8.48. The van der Waals surface area contributed by atoms with Gasteiger partial charge in [0, 0.05) is 55.6 Å². The fourth-order valence-corrected chi connectivity index (χ4v) is 9.39. The molecule has 304 valence electrons. The molecule has 57 heavy (non-hydrogen) atoms. The SMILES string of the molecule is C=C[C@@H]1C[C@]1(NC(=O)[C@@H]1C[C@@H](Oc2cc(-c3ccccn3)nc3cc(OC)ccc23)CN1C(=O)C(CC(=O)N1CCCCC1)C(C)(C)C)C(=O)NS(=O)(=O)C1CC1. The normalized spacial score (nSPS) is 24.0. The van der Waals surface area contributed by atoms with E-state index in [9.17, 15) is 27.6 Å². The lowest BCUT2D eigenvalue weighted by Crippen LogP contribution is -2.57. The van der Waals surface area contributed by atoms with Crippen LogP contribution in [0.4, 0.5) is 0 Å². The van der Waals surface area contributed by atoms with Crippen LogP contribution in [-0.2, 0) is 29.2 Å². The van der Waals surface area contributed by atoms with Gasteiger partial charge in [-0.3, -0.25) is 28.9 Å². The highest BCUT2D eigenvalue weighted by atomic mass is 32.2. The van der Waals surface area contributed by atoms with Gasteiger partial charge in [0.25, 0.3) is 5.91 Å². The number of hydrogen-bond acceptors (Lipinski definition) is 10. The molecule has 0 radical (unpaired) electrons. The van der Waals surface area contributed by atoms with Crippen LogP contribution in [0, 0.1) is 17.3 Å². The van der Waals surface area contributed by atoms with Gasteiger partial charge < -0.3 is 24.6 Å². The number of benzene rings is 1. The summed E-state index contributed by atoms with van der Waals surface area (Å²) in [7, 11) is -2.33. The Kier molecular flexibility index (Phi) is 11.1. The number of likely N-dealkylation sites (tertiary alicyclic amines) is 2. The molecule has 0 bridgehead atoms. The van der Waals surface area contributed by atoms with Crippen molar-refractivity contribution in [2.45, 2.75) is 95.1 Å². The Bertz CT molecular complexity index is 2170. The molecular formula is C42H52N6O8S. The summed E-state index contributed by atoms with van der Waals surface area (Å²) in [6.07, 6.45) is 6.51. The van der Waals surface area contributed by atoms with Gasteiger partial charge in [-0.25, -0.2) is 13.4 Å². The van der Waals surface area contributed by atoms with Gasteiger partial charge >= 0.3 is 0 Å². The second-order valence-corrected chi connectivity index (χ2v) is 18.8. The number of nitrogens with zero attached hydrogens (tertiary/aromatic N) is 4. The van der Waals surface area contributed by atoms with E-state index >= 15 is 0 Å². The van der Waals surface area contributed by atoms with Gasteiger partial charge in [-0.05, 0) is 68.2 Å². The van der Waals surface area contributed by atoms with E-state index in [0.717, 1.165) is 19.3 Å². The van der Waals surface area contributed by atoms with E-state index < -0.39 is 62.0 Å². The summed E-state index contributed by atoms with van der Waals surface area (Å²) < 4.78 is 40.0. The molecule has 4 aliphatic rings. The van der Waals surface area contributed by atoms with E-state index in [1.165, 1.54) is 11.0 Å². The third-order valence-corrected chi connectivity index (χ3v) is 13.5. The van der Waals surface area contributed by atoms with Gasteiger partial charge in [0.2, 0.25) is 27.7 Å². The lowest BCUT2D eigenvalue weighted by molar-refractivity contribution is -0.148. The molecular weight excluding hydrogens is 749 g/mol. The predicted octanol–water partition coefficient (Wildman–Crippen LogP) is 4.39. The maximum Gasteiger partial charge on any atom is 0.259 e. The number of aromatic nitrogens is 2. The fourth-order valence-electron chi connectivity index (χ4n) is 8.03. The number of carbonyl (C=O) groups is 4. The van der Waals surface area contributed by atoms with Crippen LogP contribution < -0.4 is 19.5 Å². The number of methoxy groups -OCH3 is 1. The Hall–Kier alpha value is -5.05. The number of ether oxygens (including phenoxy) is 2. The average Bonchev–Trinajstić information content (AvgIpc) is 4.13. The summed E-state index contributed by atoms with van der Waals surface area (Å²) in [5.41, 5.74) is -0.431. The van der Waals surface area contributed by atoms with Gasteiger partial charge in [-0.1, -0.05) is 32.9 Å². The van der Waals surface area contributed by atoms with Gasteiger partial charge in [0.1, 0.15) is 29.2 Å². The van der Waals surface area contributed by atoms with E-state index in [1.54, 1.807) is 31.5 Å². The molecule has 1 unspecified atom stereocenters. The van der Waals surface area contributed by atoms with Crippen LogP contribution in [0.25, 0.3) is 22.3 Å². The molecule has 4 fully saturated rings. The molecule has 1 aromatic carbocycles. The summed E-state index contributed by atoms with van der Waals surface area (Å²) in [5.74, 6) is -2.13. The quantitative estimate of drug-likeness (QED) is 0.236. The number of pyridine rings is 2. The molecule has 0 spiro atoms. The molecule has 4 amide bonds.